The van der Waals surface area contributed by atoms with Gasteiger partial charge in [0.05, 0.1) is 0 Å². The summed E-state index contributed by atoms with van der Waals surface area (Å²) in [5.74, 6) is -0.893. The molecule has 1 aliphatic heterocycles. The molecule has 0 saturated carbocycles. The Morgan fingerprint density at radius 3 is 2.67 bits per heavy atom. The van der Waals surface area contributed by atoms with Crippen molar-refractivity contribution in [3.8, 4) is 0 Å². The maximum atomic E-state index is 12.4. The molecular formula is C13H20N2O4S2. The molecule has 0 unspecified atom stereocenters. The van der Waals surface area contributed by atoms with Crippen LogP contribution in [0.25, 0.3) is 0 Å². The van der Waals surface area contributed by atoms with E-state index in [1.807, 2.05) is 7.05 Å². The number of sulfonamides is 1. The number of hydrogen-bond acceptors (Lipinski definition) is 5. The molecule has 1 fully saturated rings. The summed E-state index contributed by atoms with van der Waals surface area (Å²) < 4.78 is 27.3. The number of aryl methyl sites for hydroxylation is 1. The van der Waals surface area contributed by atoms with E-state index >= 15 is 0 Å². The molecule has 2 N–H and O–H groups in total. The molecule has 6 nitrogen and oxygen atoms in total. The Balaban J connectivity index is 2.09. The van der Waals surface area contributed by atoms with Gasteiger partial charge in [0.15, 0.2) is 0 Å². The average molecular weight is 332 g/mol. The van der Waals surface area contributed by atoms with Crippen LogP contribution in [0, 0.1) is 12.8 Å². The zero-order valence-corrected chi connectivity index (χ0v) is 13.8. The molecule has 1 aromatic heterocycles. The molecule has 0 aromatic carbocycles. The number of carboxylic acid groups (broad SMARTS) is 1. The lowest BCUT2D eigenvalue weighted by atomic mass is 9.98. The molecule has 0 amide bonds. The molecule has 2 heterocycles. The summed E-state index contributed by atoms with van der Waals surface area (Å²) in [5, 5.41) is 10.7. The van der Waals surface area contributed by atoms with Crippen molar-refractivity contribution in [1.82, 2.24) is 9.62 Å². The van der Waals surface area contributed by atoms with E-state index in [0.29, 0.717) is 18.0 Å². The first-order valence-corrected chi connectivity index (χ1v) is 9.17. The van der Waals surface area contributed by atoms with Crippen molar-refractivity contribution < 1.29 is 18.3 Å². The van der Waals surface area contributed by atoms with E-state index in [9.17, 15) is 13.2 Å². The highest BCUT2D eigenvalue weighted by Crippen LogP contribution is 2.27. The van der Waals surface area contributed by atoms with Crippen LogP contribution in [0.5, 0.6) is 0 Å². The average Bonchev–Trinajstić information content (AvgIpc) is 2.81. The number of rotatable bonds is 5. The third-order valence-electron chi connectivity index (χ3n) is 3.78. The number of thiophene rings is 1. The predicted octanol–water partition coefficient (Wildman–Crippen LogP) is 1.37. The molecule has 0 radical (unpaired) electrons. The molecule has 1 aromatic rings. The fraction of sp³-hybridized carbons (Fsp3) is 0.615. The van der Waals surface area contributed by atoms with Crippen LogP contribution in [-0.2, 0) is 10.0 Å². The summed E-state index contributed by atoms with van der Waals surface area (Å²) in [5.41, 5.74) is 0.480. The second kappa shape index (κ2) is 6.43. The van der Waals surface area contributed by atoms with Crippen molar-refractivity contribution in [3.05, 3.63) is 15.8 Å². The van der Waals surface area contributed by atoms with Crippen LogP contribution in [0.4, 0.5) is 0 Å². The molecule has 1 aliphatic rings. The Kier molecular flexibility index (Phi) is 5.03. The van der Waals surface area contributed by atoms with Gasteiger partial charge < -0.3 is 10.0 Å². The van der Waals surface area contributed by atoms with Crippen molar-refractivity contribution in [2.24, 2.45) is 5.92 Å². The molecule has 2 rings (SSSR count). The van der Waals surface area contributed by atoms with Gasteiger partial charge in [-0.1, -0.05) is 0 Å². The van der Waals surface area contributed by atoms with Gasteiger partial charge in [0.2, 0.25) is 10.0 Å². The first-order valence-electron chi connectivity index (χ1n) is 6.81. The van der Waals surface area contributed by atoms with Gasteiger partial charge in [0.25, 0.3) is 0 Å². The van der Waals surface area contributed by atoms with Gasteiger partial charge in [-0.25, -0.2) is 17.9 Å². The largest absolute Gasteiger partial charge is 0.477 e. The Labute approximate surface area is 128 Å². The van der Waals surface area contributed by atoms with Crippen LogP contribution >= 0.6 is 11.3 Å². The number of carboxylic acids is 1. The Hall–Kier alpha value is -0.960. The highest BCUT2D eigenvalue weighted by atomic mass is 32.2. The Morgan fingerprint density at radius 2 is 2.10 bits per heavy atom. The molecule has 0 bridgehead atoms. The van der Waals surface area contributed by atoms with Crippen LogP contribution in [0.15, 0.2) is 10.3 Å². The van der Waals surface area contributed by atoms with E-state index in [2.05, 4.69) is 9.62 Å². The van der Waals surface area contributed by atoms with E-state index in [1.54, 1.807) is 12.3 Å². The molecule has 8 heteroatoms. The lowest BCUT2D eigenvalue weighted by molar-refractivity contribution is 0.0698. The summed E-state index contributed by atoms with van der Waals surface area (Å²) in [6.07, 6.45) is 1.90. The fourth-order valence-electron chi connectivity index (χ4n) is 2.48. The minimum absolute atomic E-state index is 0.0899. The van der Waals surface area contributed by atoms with E-state index in [1.165, 1.54) is 0 Å². The zero-order valence-electron chi connectivity index (χ0n) is 12.1. The van der Waals surface area contributed by atoms with E-state index < -0.39 is 16.0 Å². The van der Waals surface area contributed by atoms with Gasteiger partial charge in [0.1, 0.15) is 9.77 Å². The SMILES string of the molecule is Cc1csc(C(=O)O)c1S(=O)(=O)NCC1CCN(C)CC1. The number of likely N-dealkylation sites (tertiary alicyclic amines) is 1. The molecule has 0 aliphatic carbocycles. The molecule has 21 heavy (non-hydrogen) atoms. The maximum absolute atomic E-state index is 12.4. The van der Waals surface area contributed by atoms with Crippen LogP contribution in [-0.4, -0.2) is 51.1 Å². The summed E-state index contributed by atoms with van der Waals surface area (Å²) in [4.78, 5) is 13.1. The van der Waals surface area contributed by atoms with Gasteiger partial charge in [-0.3, -0.25) is 0 Å². The summed E-state index contributed by atoms with van der Waals surface area (Å²) in [7, 11) is -1.72. The van der Waals surface area contributed by atoms with Crippen molar-refractivity contribution in [2.75, 3.05) is 26.7 Å². The number of aromatic carboxylic acids is 1. The number of carbonyl (C=O) groups is 1. The van der Waals surface area contributed by atoms with E-state index in [0.717, 1.165) is 37.3 Å². The van der Waals surface area contributed by atoms with Crippen LogP contribution in [0.2, 0.25) is 0 Å². The lowest BCUT2D eigenvalue weighted by Crippen LogP contribution is -2.37. The third-order valence-corrected chi connectivity index (χ3v) is 6.61. The normalized spacial score (nSPS) is 18.0. The smallest absolute Gasteiger partial charge is 0.347 e. The summed E-state index contributed by atoms with van der Waals surface area (Å²) in [6.45, 7) is 3.91. The van der Waals surface area contributed by atoms with E-state index in [-0.39, 0.29) is 9.77 Å². The number of hydrogen-bond donors (Lipinski definition) is 2. The lowest BCUT2D eigenvalue weighted by Gasteiger charge is -2.28. The topological polar surface area (TPSA) is 86.7 Å². The summed E-state index contributed by atoms with van der Waals surface area (Å²) >= 11 is 0.947. The number of nitrogens with zero attached hydrogens (tertiary/aromatic N) is 1. The minimum atomic E-state index is -3.77. The first-order chi connectivity index (χ1) is 9.81. The van der Waals surface area contributed by atoms with Crippen molar-refractivity contribution in [2.45, 2.75) is 24.7 Å². The van der Waals surface area contributed by atoms with Crippen molar-refractivity contribution in [1.29, 1.82) is 0 Å². The first kappa shape index (κ1) is 16.4. The van der Waals surface area contributed by atoms with Gasteiger partial charge in [0, 0.05) is 6.54 Å². The quantitative estimate of drug-likeness (QED) is 0.850. The summed E-state index contributed by atoms with van der Waals surface area (Å²) in [6, 6.07) is 0. The van der Waals surface area contributed by atoms with Crippen molar-refractivity contribution >= 4 is 27.3 Å². The molecule has 118 valence electrons. The predicted molar refractivity (Wildman–Crippen MR) is 81.4 cm³/mol. The van der Waals surface area contributed by atoms with Crippen molar-refractivity contribution in [3.63, 3.8) is 0 Å². The van der Waals surface area contributed by atoms with Gasteiger partial charge in [-0.05, 0) is 56.8 Å². The van der Waals surface area contributed by atoms with Gasteiger partial charge in [-0.15, -0.1) is 11.3 Å². The van der Waals surface area contributed by atoms with E-state index in [4.69, 9.17) is 5.11 Å². The molecular weight excluding hydrogens is 312 g/mol. The van der Waals surface area contributed by atoms with Crippen LogP contribution in [0.1, 0.15) is 28.1 Å². The van der Waals surface area contributed by atoms with Gasteiger partial charge >= 0.3 is 5.97 Å². The molecule has 1 saturated heterocycles. The number of nitrogens with one attached hydrogen (secondary N) is 1. The second-order valence-corrected chi connectivity index (χ2v) is 8.06. The van der Waals surface area contributed by atoms with Crippen LogP contribution < -0.4 is 4.72 Å². The zero-order chi connectivity index (χ0) is 15.6. The van der Waals surface area contributed by atoms with Gasteiger partial charge in [-0.2, -0.15) is 0 Å². The molecule has 0 spiro atoms. The fourth-order valence-corrected chi connectivity index (χ4v) is 5.22. The second-order valence-electron chi connectivity index (χ2n) is 5.48. The third kappa shape index (κ3) is 3.82. The van der Waals surface area contributed by atoms with Crippen LogP contribution in [0.3, 0.4) is 0 Å². The Bertz CT molecular complexity index is 616. The highest BCUT2D eigenvalue weighted by molar-refractivity contribution is 7.89. The highest BCUT2D eigenvalue weighted by Gasteiger charge is 2.27. The monoisotopic (exact) mass is 332 g/mol. The maximum Gasteiger partial charge on any atom is 0.347 e. The standard InChI is InChI=1S/C13H20N2O4S2/c1-9-8-20-11(13(16)17)12(9)21(18,19)14-7-10-3-5-15(2)6-4-10/h8,10,14H,3-7H2,1-2H3,(H,16,17). The Morgan fingerprint density at radius 1 is 1.48 bits per heavy atom. The minimum Gasteiger partial charge on any atom is -0.477 e. The number of piperidine rings is 1. The molecule has 0 atom stereocenters.